The molecule has 33 heavy (non-hydrogen) atoms. The van der Waals surface area contributed by atoms with Gasteiger partial charge in [0.1, 0.15) is 17.7 Å². The van der Waals surface area contributed by atoms with Crippen LogP contribution in [0.2, 0.25) is 0 Å². The van der Waals surface area contributed by atoms with Crippen LogP contribution in [-0.2, 0) is 6.42 Å². The zero-order valence-electron chi connectivity index (χ0n) is 17.6. The molecule has 0 spiro atoms. The van der Waals surface area contributed by atoms with Gasteiger partial charge in [0.05, 0.1) is 17.5 Å². The fourth-order valence-corrected chi connectivity index (χ4v) is 3.36. The van der Waals surface area contributed by atoms with E-state index in [2.05, 4.69) is 25.4 Å². The molecule has 2 aromatic carbocycles. The van der Waals surface area contributed by atoms with Gasteiger partial charge in [-0.05, 0) is 43.7 Å². The minimum absolute atomic E-state index is 0.137. The molecule has 0 fully saturated rings. The molecule has 7 nitrogen and oxygen atoms in total. The molecule has 172 valence electrons. The number of aryl methyl sites for hydroxylation is 2. The molecule has 1 atom stereocenters. The fraction of sp³-hybridized carbons (Fsp3) is 0.273. The lowest BCUT2D eigenvalue weighted by molar-refractivity contribution is -0.134. The molecule has 11 heteroatoms. The van der Waals surface area contributed by atoms with Crippen molar-refractivity contribution in [1.82, 2.24) is 25.4 Å². The van der Waals surface area contributed by atoms with Crippen molar-refractivity contribution in [1.29, 1.82) is 0 Å². The Labute approximate surface area is 185 Å². The molecule has 0 unspecified atom stereocenters. The molecule has 1 amide bonds. The van der Waals surface area contributed by atoms with Crippen LogP contribution in [0, 0.1) is 12.7 Å². The number of carbonyl (C=O) groups is 1. The predicted molar refractivity (Wildman–Crippen MR) is 111 cm³/mol. The van der Waals surface area contributed by atoms with E-state index in [0.29, 0.717) is 28.0 Å². The summed E-state index contributed by atoms with van der Waals surface area (Å²) in [5, 5.41) is 6.45. The number of alkyl halides is 3. The van der Waals surface area contributed by atoms with Crippen LogP contribution in [0.3, 0.4) is 0 Å². The lowest BCUT2D eigenvalue weighted by Crippen LogP contribution is -2.27. The van der Waals surface area contributed by atoms with Gasteiger partial charge in [-0.2, -0.15) is 18.2 Å². The molecular formula is C22H19F4N5O2. The summed E-state index contributed by atoms with van der Waals surface area (Å²) < 4.78 is 56.5. The number of benzene rings is 2. The second kappa shape index (κ2) is 8.64. The molecule has 2 N–H and O–H groups in total. The molecule has 4 aromatic rings. The molecule has 0 saturated heterocycles. The van der Waals surface area contributed by atoms with Gasteiger partial charge in [0.15, 0.2) is 5.82 Å². The third-order valence-corrected chi connectivity index (χ3v) is 4.96. The molecule has 0 saturated carbocycles. The molecule has 2 heterocycles. The standard InChI is InChI=1S/C22H19F4N5O2/c1-11(21-28-12(2)31-33-21)27-20(32)14-9-16(13-3-5-15(23)6-4-13)19-17(10-14)29-18(30-19)7-8-22(24,25)26/h3-6,9-11H,7-8H2,1-2H3,(H,27,32)(H,29,30)/t11-/m1/s1. The van der Waals surface area contributed by atoms with E-state index in [-0.39, 0.29) is 23.7 Å². The second-order valence-corrected chi connectivity index (χ2v) is 7.60. The number of H-pyrrole nitrogens is 1. The zero-order chi connectivity index (χ0) is 23.8. The highest BCUT2D eigenvalue weighted by Crippen LogP contribution is 2.30. The fourth-order valence-electron chi connectivity index (χ4n) is 3.36. The van der Waals surface area contributed by atoms with Gasteiger partial charge in [0.25, 0.3) is 5.91 Å². The number of halogens is 4. The Hall–Kier alpha value is -3.76. The van der Waals surface area contributed by atoms with Crippen LogP contribution in [0.25, 0.3) is 22.2 Å². The monoisotopic (exact) mass is 461 g/mol. The second-order valence-electron chi connectivity index (χ2n) is 7.60. The number of amides is 1. The van der Waals surface area contributed by atoms with Crippen LogP contribution >= 0.6 is 0 Å². The quantitative estimate of drug-likeness (QED) is 0.392. The third kappa shape index (κ3) is 5.18. The summed E-state index contributed by atoms with van der Waals surface area (Å²) in [5.74, 6) is -0.111. The number of carbonyl (C=O) groups excluding carboxylic acids is 1. The predicted octanol–water partition coefficient (Wildman–Crippen LogP) is 5.05. The van der Waals surface area contributed by atoms with E-state index >= 15 is 0 Å². The number of fused-ring (bicyclic) bond motifs is 1. The number of hydrogen-bond donors (Lipinski definition) is 2. The third-order valence-electron chi connectivity index (χ3n) is 4.96. The van der Waals surface area contributed by atoms with Crippen molar-refractivity contribution in [3.8, 4) is 11.1 Å². The summed E-state index contributed by atoms with van der Waals surface area (Å²) in [5.41, 5.74) is 2.05. The van der Waals surface area contributed by atoms with Gasteiger partial charge in [-0.1, -0.05) is 17.3 Å². The van der Waals surface area contributed by atoms with Gasteiger partial charge in [0.2, 0.25) is 5.89 Å². The minimum Gasteiger partial charge on any atom is -0.342 e. The van der Waals surface area contributed by atoms with E-state index < -0.39 is 30.4 Å². The summed E-state index contributed by atoms with van der Waals surface area (Å²) in [7, 11) is 0. The van der Waals surface area contributed by atoms with Crippen LogP contribution in [0.4, 0.5) is 17.6 Å². The Kier molecular flexibility index (Phi) is 5.88. The first-order valence-corrected chi connectivity index (χ1v) is 10.1. The maximum absolute atomic E-state index is 13.4. The van der Waals surface area contributed by atoms with E-state index in [4.69, 9.17) is 4.52 Å². The van der Waals surface area contributed by atoms with Crippen LogP contribution in [0.1, 0.15) is 47.3 Å². The van der Waals surface area contributed by atoms with Crippen molar-refractivity contribution in [2.75, 3.05) is 0 Å². The smallest absolute Gasteiger partial charge is 0.342 e. The lowest BCUT2D eigenvalue weighted by Gasteiger charge is -2.11. The molecule has 2 aromatic heterocycles. The Morgan fingerprint density at radius 2 is 1.91 bits per heavy atom. The first-order valence-electron chi connectivity index (χ1n) is 10.1. The Bertz CT molecular complexity index is 1290. The SMILES string of the molecule is Cc1noc([C@@H](C)NC(=O)c2cc(-c3ccc(F)cc3)c3nc(CCC(F)(F)F)[nH]c3c2)n1. The maximum atomic E-state index is 13.4. The lowest BCUT2D eigenvalue weighted by atomic mass is 10.0. The molecule has 4 rings (SSSR count). The van der Waals surface area contributed by atoms with Gasteiger partial charge >= 0.3 is 6.18 Å². The number of rotatable bonds is 6. The van der Waals surface area contributed by atoms with E-state index in [0.717, 1.165) is 0 Å². The van der Waals surface area contributed by atoms with Gasteiger partial charge < -0.3 is 14.8 Å². The Balaban J connectivity index is 1.71. The van der Waals surface area contributed by atoms with Crippen LogP contribution in [-0.4, -0.2) is 32.2 Å². The number of nitrogens with zero attached hydrogens (tertiary/aromatic N) is 3. The molecular weight excluding hydrogens is 442 g/mol. The highest BCUT2D eigenvalue weighted by Gasteiger charge is 2.27. The topological polar surface area (TPSA) is 96.7 Å². The number of hydrogen-bond acceptors (Lipinski definition) is 5. The number of imidazole rings is 1. The largest absolute Gasteiger partial charge is 0.389 e. The van der Waals surface area contributed by atoms with Gasteiger partial charge in [-0.3, -0.25) is 4.79 Å². The summed E-state index contributed by atoms with van der Waals surface area (Å²) in [6.07, 6.45) is -5.70. The molecule has 0 bridgehead atoms. The van der Waals surface area contributed by atoms with E-state index in [9.17, 15) is 22.4 Å². The maximum Gasteiger partial charge on any atom is 0.389 e. The average Bonchev–Trinajstić information content (AvgIpc) is 3.37. The summed E-state index contributed by atoms with van der Waals surface area (Å²) in [4.78, 5) is 24.2. The van der Waals surface area contributed by atoms with Gasteiger partial charge in [-0.15, -0.1) is 0 Å². The van der Waals surface area contributed by atoms with Crippen molar-refractivity contribution in [3.63, 3.8) is 0 Å². The number of aromatic amines is 1. The van der Waals surface area contributed by atoms with E-state index in [1.165, 1.54) is 30.3 Å². The molecule has 0 radical (unpaired) electrons. The highest BCUT2D eigenvalue weighted by molar-refractivity contribution is 6.02. The first-order chi connectivity index (χ1) is 15.6. The van der Waals surface area contributed by atoms with Crippen molar-refractivity contribution < 1.29 is 26.9 Å². The van der Waals surface area contributed by atoms with Crippen molar-refractivity contribution in [2.24, 2.45) is 0 Å². The summed E-state index contributed by atoms with van der Waals surface area (Å²) >= 11 is 0. The number of aromatic nitrogens is 4. The van der Waals surface area contributed by atoms with Crippen molar-refractivity contribution >= 4 is 16.9 Å². The van der Waals surface area contributed by atoms with Gasteiger partial charge in [-0.25, -0.2) is 9.37 Å². The Morgan fingerprint density at radius 3 is 2.55 bits per heavy atom. The molecule has 0 aliphatic carbocycles. The molecule has 0 aliphatic rings. The van der Waals surface area contributed by atoms with Crippen molar-refractivity contribution in [2.45, 2.75) is 38.9 Å². The summed E-state index contributed by atoms with van der Waals surface area (Å²) in [6, 6.07) is 8.03. The van der Waals surface area contributed by atoms with E-state index in [1.807, 2.05) is 0 Å². The van der Waals surface area contributed by atoms with Crippen molar-refractivity contribution in [3.05, 3.63) is 65.3 Å². The zero-order valence-corrected chi connectivity index (χ0v) is 17.6. The van der Waals surface area contributed by atoms with Gasteiger partial charge in [0, 0.05) is 17.5 Å². The van der Waals surface area contributed by atoms with Crippen LogP contribution in [0.5, 0.6) is 0 Å². The Morgan fingerprint density at radius 1 is 1.18 bits per heavy atom. The minimum atomic E-state index is -4.33. The highest BCUT2D eigenvalue weighted by atomic mass is 19.4. The summed E-state index contributed by atoms with van der Waals surface area (Å²) in [6.45, 7) is 3.33. The normalized spacial score (nSPS) is 12.8. The van der Waals surface area contributed by atoms with Crippen LogP contribution < -0.4 is 5.32 Å². The first kappa shape index (κ1) is 22.4. The van der Waals surface area contributed by atoms with Crippen LogP contribution in [0.15, 0.2) is 40.9 Å². The average molecular weight is 461 g/mol. The van der Waals surface area contributed by atoms with E-state index in [1.54, 1.807) is 19.9 Å². The molecule has 0 aliphatic heterocycles. The number of nitrogens with one attached hydrogen (secondary N) is 2.